The van der Waals surface area contributed by atoms with Crippen LogP contribution in [0.15, 0.2) is 0 Å². The Morgan fingerprint density at radius 2 is 1.79 bits per heavy atom. The highest BCUT2D eigenvalue weighted by molar-refractivity contribution is 7.87. The molecule has 3 atom stereocenters. The first-order valence-electron chi connectivity index (χ1n) is 12.3. The van der Waals surface area contributed by atoms with Crippen LogP contribution in [-0.4, -0.2) is 86.6 Å². The average Bonchev–Trinajstić information content (AvgIpc) is 2.78. The van der Waals surface area contributed by atoms with Gasteiger partial charge < -0.3 is 25.6 Å². The third-order valence-corrected chi connectivity index (χ3v) is 7.89. The molecule has 0 radical (unpaired) electrons. The number of ether oxygens (including phenoxy) is 1. The highest BCUT2D eigenvalue weighted by Crippen LogP contribution is 2.20. The molecular weight excluding hydrogens is 462 g/mol. The predicted molar refractivity (Wildman–Crippen MR) is 127 cm³/mol. The van der Waals surface area contributed by atoms with E-state index in [1.165, 1.54) is 4.90 Å². The number of guanidine groups is 1. The molecule has 0 aromatic heterocycles. The van der Waals surface area contributed by atoms with Crippen molar-refractivity contribution in [2.45, 2.75) is 89.1 Å². The number of hydrogen-bond donors (Lipinski definition) is 5. The van der Waals surface area contributed by atoms with Gasteiger partial charge in [-0.1, -0.05) is 19.3 Å². The lowest BCUT2D eigenvalue weighted by Gasteiger charge is -2.41. The third-order valence-electron chi connectivity index (χ3n) is 6.65. The van der Waals surface area contributed by atoms with E-state index in [4.69, 9.17) is 15.9 Å². The fraction of sp³-hybridized carbons (Fsp3) is 0.857. The highest BCUT2D eigenvalue weighted by atomic mass is 32.2. The molecule has 2 aliphatic heterocycles. The van der Waals surface area contributed by atoms with Crippen molar-refractivity contribution in [1.29, 1.82) is 5.41 Å². The fourth-order valence-corrected chi connectivity index (χ4v) is 6.38. The molecule has 34 heavy (non-hydrogen) atoms. The lowest BCUT2D eigenvalue weighted by molar-refractivity contribution is -0.140. The number of nitrogens with zero attached hydrogens (tertiary/aromatic N) is 2. The van der Waals surface area contributed by atoms with Crippen LogP contribution in [0.25, 0.3) is 0 Å². The van der Waals surface area contributed by atoms with E-state index in [0.29, 0.717) is 39.0 Å². The van der Waals surface area contributed by atoms with Crippen molar-refractivity contribution in [3.8, 4) is 0 Å². The summed E-state index contributed by atoms with van der Waals surface area (Å²) in [4.78, 5) is 28.8. The SMILES string of the molecule is CCOC1[C@@H](NC(=O)CN2CCC[C@H](NS(=O)(=O)NC3CCCCC3)C2=O)CCCN1C(=N)N. The molecule has 194 valence electrons. The summed E-state index contributed by atoms with van der Waals surface area (Å²) in [5, 5.41) is 10.7. The van der Waals surface area contributed by atoms with Gasteiger partial charge >= 0.3 is 0 Å². The maximum Gasteiger partial charge on any atom is 0.277 e. The molecule has 3 rings (SSSR count). The Labute approximate surface area is 202 Å². The van der Waals surface area contributed by atoms with Gasteiger partial charge in [-0.2, -0.15) is 17.9 Å². The van der Waals surface area contributed by atoms with E-state index in [2.05, 4.69) is 14.8 Å². The van der Waals surface area contributed by atoms with Crippen LogP contribution in [0.4, 0.5) is 0 Å². The molecule has 13 heteroatoms. The molecule has 0 bridgehead atoms. The molecule has 12 nitrogen and oxygen atoms in total. The van der Waals surface area contributed by atoms with E-state index >= 15 is 0 Å². The third kappa shape index (κ3) is 7.27. The normalized spacial score (nSPS) is 27.0. The van der Waals surface area contributed by atoms with Crippen LogP contribution >= 0.6 is 0 Å². The summed E-state index contributed by atoms with van der Waals surface area (Å²) in [6.07, 6.45) is 6.57. The van der Waals surface area contributed by atoms with Crippen LogP contribution in [0.5, 0.6) is 0 Å². The molecule has 1 aliphatic carbocycles. The topological polar surface area (TPSA) is 170 Å². The zero-order valence-electron chi connectivity index (χ0n) is 19.9. The Kier molecular flexibility index (Phi) is 9.51. The number of hydrogen-bond acceptors (Lipinski definition) is 6. The van der Waals surface area contributed by atoms with Crippen LogP contribution < -0.4 is 20.5 Å². The number of piperidine rings is 2. The van der Waals surface area contributed by atoms with Gasteiger partial charge in [-0.05, 0) is 45.4 Å². The summed E-state index contributed by atoms with van der Waals surface area (Å²) in [5.41, 5.74) is 5.68. The molecule has 0 aromatic carbocycles. The van der Waals surface area contributed by atoms with Gasteiger partial charge in [0.25, 0.3) is 10.2 Å². The Hall–Kier alpha value is -1.96. The van der Waals surface area contributed by atoms with E-state index in [-0.39, 0.29) is 30.5 Å². The standard InChI is InChI=1S/C21H39N7O5S/c1-2-33-20-17(11-7-13-28(20)21(22)23)24-18(29)14-27-12-6-10-16(19(27)30)26-34(31,32)25-15-8-4-3-5-9-15/h15-17,20,25-26H,2-14H2,1H3,(H3,22,23)(H,24,29)/t16-,17-,20?/m0/s1. The Morgan fingerprint density at radius 3 is 2.47 bits per heavy atom. The first kappa shape index (κ1) is 26.6. The van der Waals surface area contributed by atoms with Gasteiger partial charge in [0.1, 0.15) is 6.04 Å². The van der Waals surface area contributed by atoms with E-state index in [1.54, 1.807) is 4.90 Å². The first-order chi connectivity index (χ1) is 16.2. The summed E-state index contributed by atoms with van der Waals surface area (Å²) in [6, 6.07) is -1.35. The summed E-state index contributed by atoms with van der Waals surface area (Å²) >= 11 is 0. The first-order valence-corrected chi connectivity index (χ1v) is 13.8. The van der Waals surface area contributed by atoms with Gasteiger partial charge in [0.15, 0.2) is 12.2 Å². The molecular formula is C21H39N7O5S. The van der Waals surface area contributed by atoms with Gasteiger partial charge in [0, 0.05) is 25.7 Å². The van der Waals surface area contributed by atoms with Gasteiger partial charge in [-0.25, -0.2) is 0 Å². The van der Waals surface area contributed by atoms with Gasteiger partial charge in [-0.15, -0.1) is 0 Å². The fourth-order valence-electron chi connectivity index (χ4n) is 5.04. The van der Waals surface area contributed by atoms with Gasteiger partial charge in [0.05, 0.1) is 12.6 Å². The van der Waals surface area contributed by atoms with Crippen LogP contribution in [0, 0.1) is 5.41 Å². The summed E-state index contributed by atoms with van der Waals surface area (Å²) in [5.74, 6) is -0.858. The quantitative estimate of drug-likeness (QED) is 0.211. The maximum atomic E-state index is 12.9. The van der Waals surface area contributed by atoms with Gasteiger partial charge in [-0.3, -0.25) is 15.0 Å². The molecule has 2 saturated heterocycles. The van der Waals surface area contributed by atoms with Crippen molar-refractivity contribution in [1.82, 2.24) is 24.6 Å². The average molecular weight is 502 g/mol. The van der Waals surface area contributed by atoms with Crippen LogP contribution in [-0.2, 0) is 24.5 Å². The second kappa shape index (κ2) is 12.1. The maximum absolute atomic E-state index is 12.9. The van der Waals surface area contributed by atoms with Crippen LogP contribution in [0.1, 0.15) is 64.7 Å². The van der Waals surface area contributed by atoms with E-state index in [0.717, 1.165) is 38.5 Å². The smallest absolute Gasteiger partial charge is 0.277 e. The minimum Gasteiger partial charge on any atom is -0.370 e. The molecule has 3 fully saturated rings. The van der Waals surface area contributed by atoms with E-state index in [9.17, 15) is 18.0 Å². The molecule has 2 amide bonds. The molecule has 0 aromatic rings. The zero-order chi connectivity index (χ0) is 24.7. The minimum absolute atomic E-state index is 0.102. The Bertz CT molecular complexity index is 833. The number of carbonyl (C=O) groups is 2. The largest absolute Gasteiger partial charge is 0.370 e. The van der Waals surface area contributed by atoms with Crippen molar-refractivity contribution in [2.75, 3.05) is 26.2 Å². The van der Waals surface area contributed by atoms with Crippen LogP contribution in [0.3, 0.4) is 0 Å². The van der Waals surface area contributed by atoms with Crippen molar-refractivity contribution in [3.05, 3.63) is 0 Å². The van der Waals surface area contributed by atoms with E-state index < -0.39 is 28.4 Å². The molecule has 2 heterocycles. The monoisotopic (exact) mass is 501 g/mol. The van der Waals surface area contributed by atoms with Crippen molar-refractivity contribution >= 4 is 28.0 Å². The lowest BCUT2D eigenvalue weighted by atomic mass is 9.96. The number of amides is 2. The predicted octanol–water partition coefficient (Wildman–Crippen LogP) is -0.429. The summed E-state index contributed by atoms with van der Waals surface area (Å²) in [6.45, 7) is 3.04. The van der Waals surface area contributed by atoms with Crippen molar-refractivity contribution in [2.24, 2.45) is 5.73 Å². The summed E-state index contributed by atoms with van der Waals surface area (Å²) in [7, 11) is -3.82. The molecule has 0 spiro atoms. The Balaban J connectivity index is 1.55. The molecule has 1 saturated carbocycles. The Morgan fingerprint density at radius 1 is 1.09 bits per heavy atom. The van der Waals surface area contributed by atoms with Crippen molar-refractivity contribution < 1.29 is 22.7 Å². The number of rotatable bonds is 9. The second-order valence-corrected chi connectivity index (χ2v) is 10.7. The number of likely N-dealkylation sites (tertiary alicyclic amines) is 2. The molecule has 1 unspecified atom stereocenters. The molecule has 3 aliphatic rings. The summed E-state index contributed by atoms with van der Waals surface area (Å²) < 4.78 is 36.0. The zero-order valence-corrected chi connectivity index (χ0v) is 20.7. The van der Waals surface area contributed by atoms with Gasteiger partial charge in [0.2, 0.25) is 11.8 Å². The number of nitrogens with two attached hydrogens (primary N) is 1. The molecule has 6 N–H and O–H groups in total. The van der Waals surface area contributed by atoms with Crippen LogP contribution in [0.2, 0.25) is 0 Å². The minimum atomic E-state index is -3.82. The highest BCUT2D eigenvalue weighted by Gasteiger charge is 2.36. The number of nitrogens with one attached hydrogen (secondary N) is 4. The lowest BCUT2D eigenvalue weighted by Crippen LogP contribution is -2.61. The number of carbonyl (C=O) groups excluding carboxylic acids is 2. The second-order valence-electron chi connectivity index (χ2n) is 9.27. The van der Waals surface area contributed by atoms with E-state index in [1.807, 2.05) is 6.92 Å². The van der Waals surface area contributed by atoms with Crippen molar-refractivity contribution in [3.63, 3.8) is 0 Å².